The van der Waals surface area contributed by atoms with Crippen LogP contribution < -0.4 is 9.64 Å². The molecule has 0 atom stereocenters. The molecule has 0 spiro atoms. The lowest BCUT2D eigenvalue weighted by molar-refractivity contribution is -0.113. The number of carbonyl (C=O) groups is 1. The van der Waals surface area contributed by atoms with Gasteiger partial charge in [-0.05, 0) is 47.9 Å². The number of ether oxygens (including phenoxy) is 1. The van der Waals surface area contributed by atoms with E-state index in [4.69, 9.17) is 17.0 Å². The zero-order valence-electron chi connectivity index (χ0n) is 15.9. The van der Waals surface area contributed by atoms with Crippen molar-refractivity contribution >= 4 is 46.0 Å². The van der Waals surface area contributed by atoms with Gasteiger partial charge in [-0.25, -0.2) is 0 Å². The van der Waals surface area contributed by atoms with E-state index in [-0.39, 0.29) is 5.91 Å². The second kappa shape index (κ2) is 8.64. The summed E-state index contributed by atoms with van der Waals surface area (Å²) in [5.41, 5.74) is 3.91. The largest absolute Gasteiger partial charge is 0.489 e. The highest BCUT2D eigenvalue weighted by molar-refractivity contribution is 8.27. The number of thiocarbonyl (C=S) groups is 1. The van der Waals surface area contributed by atoms with E-state index in [2.05, 4.69) is 0 Å². The number of amides is 1. The van der Waals surface area contributed by atoms with Crippen LogP contribution in [-0.2, 0) is 11.4 Å². The molecule has 144 valence electrons. The summed E-state index contributed by atoms with van der Waals surface area (Å²) in [4.78, 5) is 15.2. The van der Waals surface area contributed by atoms with Crippen LogP contribution in [0.15, 0.2) is 83.8 Å². The molecule has 0 saturated carbocycles. The first-order valence-electron chi connectivity index (χ1n) is 9.22. The van der Waals surface area contributed by atoms with E-state index in [1.165, 1.54) is 11.8 Å². The quantitative estimate of drug-likeness (QED) is 0.377. The average molecular weight is 418 g/mol. The first-order valence-corrected chi connectivity index (χ1v) is 10.4. The number of nitrogens with zero attached hydrogens (tertiary/aromatic N) is 1. The highest BCUT2D eigenvalue weighted by Gasteiger charge is 2.33. The van der Waals surface area contributed by atoms with Crippen molar-refractivity contribution in [1.82, 2.24) is 0 Å². The molecule has 1 aliphatic heterocycles. The molecule has 3 aromatic rings. The van der Waals surface area contributed by atoms with Gasteiger partial charge in [-0.15, -0.1) is 0 Å². The molecular weight excluding hydrogens is 398 g/mol. The van der Waals surface area contributed by atoms with Crippen molar-refractivity contribution in [2.75, 3.05) is 4.90 Å². The molecule has 1 heterocycles. The maximum Gasteiger partial charge on any atom is 0.270 e. The molecule has 1 saturated heterocycles. The highest BCUT2D eigenvalue weighted by Crippen LogP contribution is 2.37. The van der Waals surface area contributed by atoms with E-state index >= 15 is 0 Å². The minimum Gasteiger partial charge on any atom is -0.489 e. The zero-order chi connectivity index (χ0) is 20.2. The van der Waals surface area contributed by atoms with Gasteiger partial charge < -0.3 is 4.74 Å². The summed E-state index contributed by atoms with van der Waals surface area (Å²) in [5, 5.41) is 0. The van der Waals surface area contributed by atoms with Crippen molar-refractivity contribution < 1.29 is 9.53 Å². The molecule has 0 aliphatic carbocycles. The van der Waals surface area contributed by atoms with Crippen molar-refractivity contribution in [3.05, 3.63) is 100 Å². The maximum atomic E-state index is 12.9. The molecule has 0 unspecified atom stereocenters. The number of anilines is 1. The number of aryl methyl sites for hydroxylation is 1. The second-order valence-electron chi connectivity index (χ2n) is 6.65. The van der Waals surface area contributed by atoms with Crippen LogP contribution in [-0.4, -0.2) is 10.2 Å². The van der Waals surface area contributed by atoms with Gasteiger partial charge in [0.15, 0.2) is 4.32 Å². The van der Waals surface area contributed by atoms with Gasteiger partial charge in [-0.3, -0.25) is 9.69 Å². The van der Waals surface area contributed by atoms with E-state index in [0.717, 1.165) is 28.1 Å². The van der Waals surface area contributed by atoms with Gasteiger partial charge in [-0.2, -0.15) is 0 Å². The van der Waals surface area contributed by atoms with Gasteiger partial charge in [0.05, 0.1) is 10.6 Å². The lowest BCUT2D eigenvalue weighted by Gasteiger charge is -2.16. The topological polar surface area (TPSA) is 29.5 Å². The number of benzene rings is 3. The van der Waals surface area contributed by atoms with Crippen LogP contribution in [0.3, 0.4) is 0 Å². The van der Waals surface area contributed by atoms with E-state index in [0.29, 0.717) is 15.8 Å². The maximum absolute atomic E-state index is 12.9. The summed E-state index contributed by atoms with van der Waals surface area (Å²) in [5.74, 6) is 0.706. The Morgan fingerprint density at radius 2 is 1.66 bits per heavy atom. The normalized spacial score (nSPS) is 15.2. The summed E-state index contributed by atoms with van der Waals surface area (Å²) in [7, 11) is 0. The summed E-state index contributed by atoms with van der Waals surface area (Å²) in [6.45, 7) is 2.50. The SMILES string of the molecule is Cc1ccccc1N1C(=O)C(=Cc2ccc(OCc3ccccc3)cc2)SC1=S. The molecule has 29 heavy (non-hydrogen) atoms. The Hall–Kier alpha value is -2.89. The molecular formula is C24H19NO2S2. The molecule has 0 N–H and O–H groups in total. The summed E-state index contributed by atoms with van der Waals surface area (Å²) >= 11 is 6.79. The second-order valence-corrected chi connectivity index (χ2v) is 8.32. The van der Waals surface area contributed by atoms with Crippen molar-refractivity contribution in [2.45, 2.75) is 13.5 Å². The first-order chi connectivity index (χ1) is 14.1. The summed E-state index contributed by atoms with van der Waals surface area (Å²) in [6.07, 6.45) is 1.87. The van der Waals surface area contributed by atoms with Crippen LogP contribution in [0.25, 0.3) is 6.08 Å². The Kier molecular flexibility index (Phi) is 5.79. The van der Waals surface area contributed by atoms with Gasteiger partial charge in [0, 0.05) is 0 Å². The van der Waals surface area contributed by atoms with E-state index < -0.39 is 0 Å². The van der Waals surface area contributed by atoms with E-state index in [1.54, 1.807) is 4.90 Å². The monoisotopic (exact) mass is 417 g/mol. The van der Waals surface area contributed by atoms with Crippen LogP contribution in [0.4, 0.5) is 5.69 Å². The highest BCUT2D eigenvalue weighted by atomic mass is 32.2. The molecule has 0 bridgehead atoms. The van der Waals surface area contributed by atoms with E-state index in [9.17, 15) is 4.79 Å². The number of hydrogen-bond donors (Lipinski definition) is 0. The van der Waals surface area contributed by atoms with Crippen LogP contribution in [0.5, 0.6) is 5.75 Å². The average Bonchev–Trinajstić information content (AvgIpc) is 3.02. The lowest BCUT2D eigenvalue weighted by atomic mass is 10.1. The van der Waals surface area contributed by atoms with E-state index in [1.807, 2.05) is 91.9 Å². The third kappa shape index (κ3) is 4.42. The van der Waals surface area contributed by atoms with Gasteiger partial charge in [0.1, 0.15) is 12.4 Å². The Labute approximate surface area is 180 Å². The minimum absolute atomic E-state index is 0.0845. The molecule has 5 heteroatoms. The molecule has 3 aromatic carbocycles. The Morgan fingerprint density at radius 3 is 2.38 bits per heavy atom. The smallest absolute Gasteiger partial charge is 0.270 e. The van der Waals surface area contributed by atoms with Crippen LogP contribution in [0.2, 0.25) is 0 Å². The fourth-order valence-corrected chi connectivity index (χ4v) is 4.33. The van der Waals surface area contributed by atoms with Gasteiger partial charge >= 0.3 is 0 Å². The Bertz CT molecular complexity index is 1080. The molecule has 0 aromatic heterocycles. The molecule has 4 rings (SSSR count). The van der Waals surface area contributed by atoms with Crippen molar-refractivity contribution in [1.29, 1.82) is 0 Å². The van der Waals surface area contributed by atoms with Crippen LogP contribution >= 0.6 is 24.0 Å². The Morgan fingerprint density at radius 1 is 0.966 bits per heavy atom. The first kappa shape index (κ1) is 19.4. The minimum atomic E-state index is -0.0845. The number of rotatable bonds is 5. The number of carbonyl (C=O) groups excluding carboxylic acids is 1. The molecule has 1 amide bonds. The predicted molar refractivity (Wildman–Crippen MR) is 124 cm³/mol. The standard InChI is InChI=1S/C24H19NO2S2/c1-17-7-5-6-10-21(17)25-23(26)22(29-24(25)28)15-18-11-13-20(14-12-18)27-16-19-8-3-2-4-9-19/h2-15H,16H2,1H3. The zero-order valence-corrected chi connectivity index (χ0v) is 17.5. The Balaban J connectivity index is 1.47. The predicted octanol–water partition coefficient (Wildman–Crippen LogP) is 5.98. The van der Waals surface area contributed by atoms with Crippen LogP contribution in [0, 0.1) is 6.92 Å². The molecule has 0 radical (unpaired) electrons. The third-order valence-electron chi connectivity index (χ3n) is 4.58. The fraction of sp³-hybridized carbons (Fsp3) is 0.0833. The number of para-hydroxylation sites is 1. The molecule has 3 nitrogen and oxygen atoms in total. The molecule has 1 fully saturated rings. The lowest BCUT2D eigenvalue weighted by Crippen LogP contribution is -2.28. The molecule has 1 aliphatic rings. The summed E-state index contributed by atoms with van der Waals surface area (Å²) in [6, 6.07) is 25.5. The van der Waals surface area contributed by atoms with Crippen LogP contribution in [0.1, 0.15) is 16.7 Å². The number of hydrogen-bond acceptors (Lipinski definition) is 4. The van der Waals surface area contributed by atoms with Crippen molar-refractivity contribution in [3.63, 3.8) is 0 Å². The fourth-order valence-electron chi connectivity index (χ4n) is 3.04. The van der Waals surface area contributed by atoms with Gasteiger partial charge in [0.25, 0.3) is 5.91 Å². The summed E-state index contributed by atoms with van der Waals surface area (Å²) < 4.78 is 6.38. The number of thioether (sulfide) groups is 1. The van der Waals surface area contributed by atoms with Gasteiger partial charge in [-0.1, -0.05) is 84.6 Å². The third-order valence-corrected chi connectivity index (χ3v) is 5.88. The van der Waals surface area contributed by atoms with Crippen molar-refractivity contribution in [2.24, 2.45) is 0 Å². The van der Waals surface area contributed by atoms with Gasteiger partial charge in [0.2, 0.25) is 0 Å². The van der Waals surface area contributed by atoms with Crippen molar-refractivity contribution in [3.8, 4) is 5.75 Å².